The van der Waals surface area contributed by atoms with Gasteiger partial charge in [-0.15, -0.1) is 0 Å². The zero-order valence-corrected chi connectivity index (χ0v) is 10.3. The van der Waals surface area contributed by atoms with Gasteiger partial charge in [0.05, 0.1) is 6.07 Å². The summed E-state index contributed by atoms with van der Waals surface area (Å²) in [4.78, 5) is 13.2. The lowest BCUT2D eigenvalue weighted by molar-refractivity contribution is 0.0585. The van der Waals surface area contributed by atoms with E-state index < -0.39 is 11.7 Å². The number of benzene rings is 1. The molecule has 0 aromatic heterocycles. The number of nitriles is 1. The Labute approximate surface area is 101 Å². The lowest BCUT2D eigenvalue weighted by atomic mass is 10.2. The van der Waals surface area contributed by atoms with Crippen molar-refractivity contribution in [3.05, 3.63) is 30.3 Å². The van der Waals surface area contributed by atoms with Crippen molar-refractivity contribution in [1.29, 1.82) is 5.26 Å². The molecule has 0 atom stereocenters. The van der Waals surface area contributed by atoms with E-state index in [2.05, 4.69) is 0 Å². The summed E-state index contributed by atoms with van der Waals surface area (Å²) in [5.74, 6) is 0. The van der Waals surface area contributed by atoms with Gasteiger partial charge in [-0.1, -0.05) is 18.2 Å². The minimum absolute atomic E-state index is 0.0288. The molecular formula is C13H16N2O2. The Morgan fingerprint density at radius 1 is 1.35 bits per heavy atom. The summed E-state index contributed by atoms with van der Waals surface area (Å²) in [5.41, 5.74) is 0.0860. The Kier molecular flexibility index (Phi) is 4.11. The SMILES string of the molecule is CC(C)(C)OC(=O)N(CC#N)c1ccccc1. The van der Waals surface area contributed by atoms with Crippen LogP contribution in [-0.2, 0) is 4.74 Å². The fourth-order valence-electron chi connectivity index (χ4n) is 1.26. The van der Waals surface area contributed by atoms with Gasteiger partial charge in [0, 0.05) is 5.69 Å². The van der Waals surface area contributed by atoms with Crippen molar-refractivity contribution in [2.75, 3.05) is 11.4 Å². The van der Waals surface area contributed by atoms with Gasteiger partial charge < -0.3 is 4.74 Å². The van der Waals surface area contributed by atoms with Crippen LogP contribution in [0.25, 0.3) is 0 Å². The third kappa shape index (κ3) is 4.15. The van der Waals surface area contributed by atoms with E-state index in [0.29, 0.717) is 5.69 Å². The lowest BCUT2D eigenvalue weighted by Crippen LogP contribution is -2.37. The summed E-state index contributed by atoms with van der Waals surface area (Å²) >= 11 is 0. The maximum atomic E-state index is 11.9. The predicted octanol–water partition coefficient (Wildman–Crippen LogP) is 2.95. The van der Waals surface area contributed by atoms with E-state index in [1.807, 2.05) is 24.3 Å². The van der Waals surface area contributed by atoms with Gasteiger partial charge in [0.25, 0.3) is 0 Å². The molecule has 4 heteroatoms. The first-order chi connectivity index (χ1) is 7.94. The number of carbonyl (C=O) groups is 1. The molecule has 0 saturated heterocycles. The third-order valence-corrected chi connectivity index (χ3v) is 1.91. The molecule has 0 unspecified atom stereocenters. The van der Waals surface area contributed by atoms with Crippen molar-refractivity contribution >= 4 is 11.8 Å². The highest BCUT2D eigenvalue weighted by Crippen LogP contribution is 2.17. The standard InChI is InChI=1S/C13H16N2O2/c1-13(2,3)17-12(16)15(10-9-14)11-7-5-4-6-8-11/h4-8H,10H2,1-3H3. The van der Waals surface area contributed by atoms with Gasteiger partial charge in [0.15, 0.2) is 0 Å². The molecule has 0 heterocycles. The number of anilines is 1. The average molecular weight is 232 g/mol. The van der Waals surface area contributed by atoms with Crippen molar-refractivity contribution in [2.45, 2.75) is 26.4 Å². The van der Waals surface area contributed by atoms with Gasteiger partial charge in [-0.3, -0.25) is 4.90 Å². The molecular weight excluding hydrogens is 216 g/mol. The van der Waals surface area contributed by atoms with E-state index in [9.17, 15) is 4.79 Å². The molecule has 90 valence electrons. The largest absolute Gasteiger partial charge is 0.443 e. The molecule has 0 aliphatic carbocycles. The zero-order valence-electron chi connectivity index (χ0n) is 10.3. The summed E-state index contributed by atoms with van der Waals surface area (Å²) < 4.78 is 5.24. The first-order valence-corrected chi connectivity index (χ1v) is 5.36. The highest BCUT2D eigenvalue weighted by atomic mass is 16.6. The molecule has 0 fully saturated rings. The molecule has 0 radical (unpaired) electrons. The van der Waals surface area contributed by atoms with Gasteiger partial charge in [-0.25, -0.2) is 4.79 Å². The minimum atomic E-state index is -0.570. The Bertz CT molecular complexity index is 415. The van der Waals surface area contributed by atoms with Gasteiger partial charge >= 0.3 is 6.09 Å². The monoisotopic (exact) mass is 232 g/mol. The first-order valence-electron chi connectivity index (χ1n) is 5.36. The zero-order chi connectivity index (χ0) is 12.9. The van der Waals surface area contributed by atoms with Crippen LogP contribution in [0.2, 0.25) is 0 Å². The van der Waals surface area contributed by atoms with Crippen LogP contribution >= 0.6 is 0 Å². The number of carbonyl (C=O) groups excluding carboxylic acids is 1. The number of amides is 1. The fraction of sp³-hybridized carbons (Fsp3) is 0.385. The summed E-state index contributed by atoms with van der Waals surface area (Å²) in [5, 5.41) is 8.75. The highest BCUT2D eigenvalue weighted by Gasteiger charge is 2.22. The molecule has 0 bridgehead atoms. The van der Waals surface area contributed by atoms with Crippen LogP contribution in [0.15, 0.2) is 30.3 Å². The average Bonchev–Trinajstić information content (AvgIpc) is 2.24. The van der Waals surface area contributed by atoms with Crippen molar-refractivity contribution in [1.82, 2.24) is 0 Å². The number of ether oxygens (including phenoxy) is 1. The molecule has 1 aromatic rings. The second kappa shape index (κ2) is 5.35. The number of hydrogen-bond donors (Lipinski definition) is 0. The number of rotatable bonds is 2. The summed E-state index contributed by atoms with van der Waals surface area (Å²) in [6.45, 7) is 5.35. The lowest BCUT2D eigenvalue weighted by Gasteiger charge is -2.25. The van der Waals surface area contributed by atoms with Crippen LogP contribution in [0.4, 0.5) is 10.5 Å². The topological polar surface area (TPSA) is 53.3 Å². The normalized spacial score (nSPS) is 10.5. The minimum Gasteiger partial charge on any atom is -0.443 e. The highest BCUT2D eigenvalue weighted by molar-refractivity contribution is 5.88. The van der Waals surface area contributed by atoms with Gasteiger partial charge in [-0.05, 0) is 32.9 Å². The summed E-state index contributed by atoms with van der Waals surface area (Å²) in [6.07, 6.45) is -0.509. The second-order valence-corrected chi connectivity index (χ2v) is 4.56. The van der Waals surface area contributed by atoms with Crippen molar-refractivity contribution in [3.8, 4) is 6.07 Å². The summed E-state index contributed by atoms with van der Waals surface area (Å²) in [7, 11) is 0. The van der Waals surface area contributed by atoms with Crippen LogP contribution in [0.5, 0.6) is 0 Å². The Morgan fingerprint density at radius 2 is 1.94 bits per heavy atom. The van der Waals surface area contributed by atoms with E-state index in [1.165, 1.54) is 4.90 Å². The molecule has 0 aliphatic heterocycles. The molecule has 0 saturated carbocycles. The van der Waals surface area contributed by atoms with Crippen LogP contribution in [-0.4, -0.2) is 18.2 Å². The number of nitrogens with zero attached hydrogens (tertiary/aromatic N) is 2. The van der Waals surface area contributed by atoms with Crippen LogP contribution in [0.3, 0.4) is 0 Å². The summed E-state index contributed by atoms with van der Waals surface area (Å²) in [6, 6.07) is 11.0. The predicted molar refractivity (Wildman–Crippen MR) is 65.6 cm³/mol. The van der Waals surface area contributed by atoms with Gasteiger partial charge in [0.1, 0.15) is 12.1 Å². The second-order valence-electron chi connectivity index (χ2n) is 4.56. The molecule has 4 nitrogen and oxygen atoms in total. The van der Waals surface area contributed by atoms with E-state index >= 15 is 0 Å². The van der Waals surface area contributed by atoms with Gasteiger partial charge in [0.2, 0.25) is 0 Å². The molecule has 0 aliphatic rings. The Balaban J connectivity index is 2.88. The maximum absolute atomic E-state index is 11.9. The van der Waals surface area contributed by atoms with Crippen molar-refractivity contribution in [2.24, 2.45) is 0 Å². The van der Waals surface area contributed by atoms with E-state index in [-0.39, 0.29) is 6.54 Å². The molecule has 0 N–H and O–H groups in total. The quantitative estimate of drug-likeness (QED) is 0.736. The maximum Gasteiger partial charge on any atom is 0.415 e. The first kappa shape index (κ1) is 13.0. The number of para-hydroxylation sites is 1. The molecule has 0 spiro atoms. The fourth-order valence-corrected chi connectivity index (χ4v) is 1.26. The molecule has 1 rings (SSSR count). The Hall–Kier alpha value is -2.02. The van der Waals surface area contributed by atoms with Crippen molar-refractivity contribution in [3.63, 3.8) is 0 Å². The molecule has 17 heavy (non-hydrogen) atoms. The van der Waals surface area contributed by atoms with Crippen LogP contribution < -0.4 is 4.90 Å². The smallest absolute Gasteiger partial charge is 0.415 e. The van der Waals surface area contributed by atoms with E-state index in [0.717, 1.165) is 0 Å². The van der Waals surface area contributed by atoms with E-state index in [1.54, 1.807) is 32.9 Å². The van der Waals surface area contributed by atoms with E-state index in [4.69, 9.17) is 10.00 Å². The number of hydrogen-bond acceptors (Lipinski definition) is 3. The van der Waals surface area contributed by atoms with Gasteiger partial charge in [-0.2, -0.15) is 5.26 Å². The van der Waals surface area contributed by atoms with Crippen molar-refractivity contribution < 1.29 is 9.53 Å². The third-order valence-electron chi connectivity index (χ3n) is 1.91. The van der Waals surface area contributed by atoms with Crippen LogP contribution in [0, 0.1) is 11.3 Å². The van der Waals surface area contributed by atoms with Crippen LogP contribution in [0.1, 0.15) is 20.8 Å². The Morgan fingerprint density at radius 3 is 2.41 bits per heavy atom. The molecule has 1 aromatic carbocycles. The molecule has 1 amide bonds.